The summed E-state index contributed by atoms with van der Waals surface area (Å²) in [6, 6.07) is 6.18. The van der Waals surface area contributed by atoms with Gasteiger partial charge in [0.2, 0.25) is 0 Å². The van der Waals surface area contributed by atoms with Gasteiger partial charge in [-0.1, -0.05) is 34.1 Å². The summed E-state index contributed by atoms with van der Waals surface area (Å²) < 4.78 is 6.65. The fourth-order valence-corrected chi connectivity index (χ4v) is 2.41. The van der Waals surface area contributed by atoms with E-state index in [0.29, 0.717) is 5.33 Å². The SMILES string of the molecule is Cc1cccc(-c2ocnc2CBr)c1I. The van der Waals surface area contributed by atoms with Crippen LogP contribution in [0.2, 0.25) is 0 Å². The highest BCUT2D eigenvalue weighted by atomic mass is 127. The Hall–Kier alpha value is -0.360. The van der Waals surface area contributed by atoms with Crippen molar-refractivity contribution in [3.63, 3.8) is 0 Å². The van der Waals surface area contributed by atoms with E-state index in [0.717, 1.165) is 17.0 Å². The third-order valence-electron chi connectivity index (χ3n) is 2.20. The molecule has 0 fully saturated rings. The predicted molar refractivity (Wildman–Crippen MR) is 72.0 cm³/mol. The zero-order valence-corrected chi connectivity index (χ0v) is 11.9. The largest absolute Gasteiger partial charge is 0.443 e. The molecule has 0 saturated carbocycles. The number of aryl methyl sites for hydroxylation is 1. The minimum atomic E-state index is 0.711. The van der Waals surface area contributed by atoms with E-state index in [1.165, 1.54) is 15.5 Å². The molecule has 0 atom stereocenters. The number of nitrogens with zero attached hydrogens (tertiary/aromatic N) is 1. The van der Waals surface area contributed by atoms with E-state index in [1.54, 1.807) is 0 Å². The Bertz CT molecular complexity index is 481. The molecule has 4 heteroatoms. The van der Waals surface area contributed by atoms with Crippen molar-refractivity contribution in [2.24, 2.45) is 0 Å². The van der Waals surface area contributed by atoms with Crippen LogP contribution in [0.25, 0.3) is 11.3 Å². The Balaban J connectivity index is 2.59. The third-order valence-corrected chi connectivity index (χ3v) is 4.17. The highest BCUT2D eigenvalue weighted by molar-refractivity contribution is 14.1. The maximum atomic E-state index is 5.43. The number of rotatable bonds is 2. The van der Waals surface area contributed by atoms with E-state index in [-0.39, 0.29) is 0 Å². The van der Waals surface area contributed by atoms with Gasteiger partial charge in [0.1, 0.15) is 0 Å². The van der Waals surface area contributed by atoms with Crippen LogP contribution in [0.1, 0.15) is 11.3 Å². The Kier molecular flexibility index (Phi) is 3.45. The van der Waals surface area contributed by atoms with E-state index in [2.05, 4.69) is 62.6 Å². The summed E-state index contributed by atoms with van der Waals surface area (Å²) in [5, 5.41) is 0.711. The van der Waals surface area contributed by atoms with Crippen LogP contribution in [0, 0.1) is 10.5 Å². The second-order valence-electron chi connectivity index (χ2n) is 3.20. The zero-order valence-electron chi connectivity index (χ0n) is 8.13. The molecule has 0 bridgehead atoms. The van der Waals surface area contributed by atoms with Crippen LogP contribution in [-0.4, -0.2) is 4.98 Å². The van der Waals surface area contributed by atoms with Crippen LogP contribution < -0.4 is 0 Å². The van der Waals surface area contributed by atoms with Gasteiger partial charge in [-0.25, -0.2) is 4.98 Å². The topological polar surface area (TPSA) is 26.0 Å². The van der Waals surface area contributed by atoms with E-state index in [9.17, 15) is 0 Å². The van der Waals surface area contributed by atoms with Crippen molar-refractivity contribution in [3.8, 4) is 11.3 Å². The minimum absolute atomic E-state index is 0.711. The average Bonchev–Trinajstić information content (AvgIpc) is 2.70. The van der Waals surface area contributed by atoms with Crippen LogP contribution >= 0.6 is 38.5 Å². The van der Waals surface area contributed by atoms with Crippen LogP contribution in [0.15, 0.2) is 29.0 Å². The average molecular weight is 378 g/mol. The van der Waals surface area contributed by atoms with Gasteiger partial charge in [-0.3, -0.25) is 0 Å². The number of hydrogen-bond donors (Lipinski definition) is 0. The van der Waals surface area contributed by atoms with Gasteiger partial charge >= 0.3 is 0 Å². The molecule has 78 valence electrons. The molecule has 15 heavy (non-hydrogen) atoms. The quantitative estimate of drug-likeness (QED) is 0.580. The molecule has 0 saturated heterocycles. The first kappa shape index (κ1) is 11.1. The molecule has 0 aliphatic heterocycles. The van der Waals surface area contributed by atoms with E-state index in [4.69, 9.17) is 4.42 Å². The Labute approximate surface area is 110 Å². The molecule has 1 heterocycles. The number of benzene rings is 1. The normalized spacial score (nSPS) is 10.6. The molecule has 2 rings (SSSR count). The van der Waals surface area contributed by atoms with Crippen LogP contribution in [0.3, 0.4) is 0 Å². The van der Waals surface area contributed by atoms with Gasteiger partial charge in [-0.2, -0.15) is 0 Å². The lowest BCUT2D eigenvalue weighted by molar-refractivity contribution is 0.571. The van der Waals surface area contributed by atoms with Crippen molar-refractivity contribution in [2.75, 3.05) is 0 Å². The molecule has 0 unspecified atom stereocenters. The van der Waals surface area contributed by atoms with Gasteiger partial charge < -0.3 is 4.42 Å². The molecule has 0 N–H and O–H groups in total. The number of oxazole rings is 1. The standard InChI is InChI=1S/C11H9BrINO/c1-7-3-2-4-8(10(7)13)11-9(5-12)14-6-15-11/h2-4,6H,5H2,1H3. The summed E-state index contributed by atoms with van der Waals surface area (Å²) in [6.45, 7) is 2.09. The summed E-state index contributed by atoms with van der Waals surface area (Å²) in [4.78, 5) is 4.16. The Morgan fingerprint density at radius 3 is 3.00 bits per heavy atom. The minimum Gasteiger partial charge on any atom is -0.443 e. The van der Waals surface area contributed by atoms with E-state index < -0.39 is 0 Å². The first-order chi connectivity index (χ1) is 7.24. The number of aromatic nitrogens is 1. The molecule has 0 radical (unpaired) electrons. The third kappa shape index (κ3) is 2.10. The van der Waals surface area contributed by atoms with Gasteiger partial charge in [0.05, 0.1) is 5.69 Å². The number of halogens is 2. The fraction of sp³-hybridized carbons (Fsp3) is 0.182. The molecule has 1 aromatic carbocycles. The van der Waals surface area contributed by atoms with Gasteiger partial charge in [0.15, 0.2) is 12.2 Å². The van der Waals surface area contributed by atoms with Crippen molar-refractivity contribution in [1.82, 2.24) is 4.98 Å². The molecule has 0 aliphatic carbocycles. The summed E-state index contributed by atoms with van der Waals surface area (Å²) in [6.07, 6.45) is 1.49. The molecular formula is C11H9BrINO. The van der Waals surface area contributed by atoms with Crippen molar-refractivity contribution in [3.05, 3.63) is 39.4 Å². The van der Waals surface area contributed by atoms with Crippen LogP contribution in [0.5, 0.6) is 0 Å². The molecule has 2 nitrogen and oxygen atoms in total. The molecule has 0 aliphatic rings. The first-order valence-electron chi connectivity index (χ1n) is 4.48. The van der Waals surface area contributed by atoms with E-state index in [1.807, 2.05) is 6.07 Å². The zero-order chi connectivity index (χ0) is 10.8. The van der Waals surface area contributed by atoms with Crippen molar-refractivity contribution in [2.45, 2.75) is 12.3 Å². The molecule has 1 aromatic heterocycles. The Morgan fingerprint density at radius 1 is 1.47 bits per heavy atom. The van der Waals surface area contributed by atoms with Gasteiger partial charge in [-0.15, -0.1) is 0 Å². The summed E-state index contributed by atoms with van der Waals surface area (Å²) in [5.41, 5.74) is 3.31. The van der Waals surface area contributed by atoms with Crippen LogP contribution in [-0.2, 0) is 5.33 Å². The predicted octanol–water partition coefficient (Wildman–Crippen LogP) is 4.15. The molecular weight excluding hydrogens is 369 g/mol. The lowest BCUT2D eigenvalue weighted by Gasteiger charge is -2.04. The second-order valence-corrected chi connectivity index (χ2v) is 4.84. The monoisotopic (exact) mass is 377 g/mol. The first-order valence-corrected chi connectivity index (χ1v) is 6.68. The summed E-state index contributed by atoms with van der Waals surface area (Å²) in [7, 11) is 0. The smallest absolute Gasteiger partial charge is 0.181 e. The summed E-state index contributed by atoms with van der Waals surface area (Å²) in [5.74, 6) is 0.861. The number of hydrogen-bond acceptors (Lipinski definition) is 2. The maximum absolute atomic E-state index is 5.43. The summed E-state index contributed by atoms with van der Waals surface area (Å²) >= 11 is 5.74. The van der Waals surface area contributed by atoms with E-state index >= 15 is 0 Å². The fourth-order valence-electron chi connectivity index (χ4n) is 1.41. The van der Waals surface area contributed by atoms with Gasteiger partial charge in [-0.05, 0) is 35.1 Å². The lowest BCUT2D eigenvalue weighted by Crippen LogP contribution is -1.88. The lowest BCUT2D eigenvalue weighted by atomic mass is 10.1. The molecule has 0 spiro atoms. The van der Waals surface area contributed by atoms with Crippen molar-refractivity contribution in [1.29, 1.82) is 0 Å². The molecule has 2 aromatic rings. The van der Waals surface area contributed by atoms with Crippen LogP contribution in [0.4, 0.5) is 0 Å². The van der Waals surface area contributed by atoms with Crippen molar-refractivity contribution < 1.29 is 4.42 Å². The van der Waals surface area contributed by atoms with Gasteiger partial charge in [0, 0.05) is 14.5 Å². The number of alkyl halides is 1. The molecule has 0 amide bonds. The van der Waals surface area contributed by atoms with Crippen molar-refractivity contribution >= 4 is 38.5 Å². The second kappa shape index (κ2) is 4.65. The highest BCUT2D eigenvalue weighted by Crippen LogP contribution is 2.30. The Morgan fingerprint density at radius 2 is 2.27 bits per heavy atom. The maximum Gasteiger partial charge on any atom is 0.181 e. The highest BCUT2D eigenvalue weighted by Gasteiger charge is 2.13. The van der Waals surface area contributed by atoms with Gasteiger partial charge in [0.25, 0.3) is 0 Å².